The lowest BCUT2D eigenvalue weighted by molar-refractivity contribution is -0.137. The Morgan fingerprint density at radius 1 is 1.28 bits per heavy atom. The lowest BCUT2D eigenvalue weighted by atomic mass is 10.1. The first-order valence-corrected chi connectivity index (χ1v) is 7.87. The summed E-state index contributed by atoms with van der Waals surface area (Å²) in [6.07, 6.45) is 3.22. The molecule has 0 fully saturated rings. The largest absolute Gasteiger partial charge is 0.460 e. The Kier molecular flexibility index (Phi) is 4.67. The summed E-state index contributed by atoms with van der Waals surface area (Å²) in [7, 11) is 0. The summed E-state index contributed by atoms with van der Waals surface area (Å²) < 4.78 is 11.9. The monoisotopic (exact) mass is 359 g/mol. The van der Waals surface area contributed by atoms with Gasteiger partial charge in [-0.2, -0.15) is 4.98 Å². The van der Waals surface area contributed by atoms with Crippen LogP contribution in [0.5, 0.6) is 0 Å². The lowest BCUT2D eigenvalue weighted by Gasteiger charge is -2.01. The third-order valence-corrected chi connectivity index (χ3v) is 3.68. The van der Waals surface area contributed by atoms with E-state index in [0.717, 1.165) is 0 Å². The van der Waals surface area contributed by atoms with Crippen molar-refractivity contribution >= 4 is 23.4 Å². The number of aromatic nitrogens is 3. The van der Waals surface area contributed by atoms with Crippen LogP contribution in [0.3, 0.4) is 0 Å². The average molecular weight is 360 g/mol. The minimum absolute atomic E-state index is 0.0858. The number of esters is 1. The number of carbonyl (C=O) groups excluding carboxylic acids is 2. The molecular formula is C17H14ClN3O4. The highest BCUT2D eigenvalue weighted by Gasteiger charge is 2.28. The van der Waals surface area contributed by atoms with Gasteiger partial charge in [-0.05, 0) is 26.0 Å². The molecule has 128 valence electrons. The SMILES string of the molecule is CCOC(=O)C(=O)c1oc(-n2ccnc2C)nc1-c1ccc(Cl)cc1. The van der Waals surface area contributed by atoms with Crippen LogP contribution in [0.4, 0.5) is 0 Å². The average Bonchev–Trinajstić information content (AvgIpc) is 3.21. The maximum absolute atomic E-state index is 12.4. The van der Waals surface area contributed by atoms with Crippen molar-refractivity contribution in [1.29, 1.82) is 0 Å². The Labute approximate surface area is 148 Å². The molecule has 0 bridgehead atoms. The number of oxazole rings is 1. The van der Waals surface area contributed by atoms with Crippen LogP contribution in [-0.2, 0) is 9.53 Å². The Bertz CT molecular complexity index is 928. The van der Waals surface area contributed by atoms with Crippen molar-refractivity contribution in [2.24, 2.45) is 0 Å². The number of hydrogen-bond donors (Lipinski definition) is 0. The highest BCUT2D eigenvalue weighted by Crippen LogP contribution is 2.28. The number of hydrogen-bond acceptors (Lipinski definition) is 6. The molecule has 0 saturated carbocycles. The molecule has 25 heavy (non-hydrogen) atoms. The van der Waals surface area contributed by atoms with Gasteiger partial charge in [0.1, 0.15) is 11.5 Å². The summed E-state index contributed by atoms with van der Waals surface area (Å²) in [5.41, 5.74) is 0.822. The maximum atomic E-state index is 12.4. The van der Waals surface area contributed by atoms with E-state index >= 15 is 0 Å². The number of imidazole rings is 1. The number of ether oxygens (including phenoxy) is 1. The number of ketones is 1. The van der Waals surface area contributed by atoms with Crippen LogP contribution in [0.2, 0.25) is 5.02 Å². The van der Waals surface area contributed by atoms with E-state index in [9.17, 15) is 9.59 Å². The molecule has 0 unspecified atom stereocenters. The number of halogens is 1. The second-order valence-corrected chi connectivity index (χ2v) is 5.51. The van der Waals surface area contributed by atoms with Gasteiger partial charge in [-0.25, -0.2) is 9.78 Å². The smallest absolute Gasteiger partial charge is 0.383 e. The van der Waals surface area contributed by atoms with Gasteiger partial charge in [0.15, 0.2) is 0 Å². The first kappa shape index (κ1) is 16.9. The molecule has 2 heterocycles. The van der Waals surface area contributed by atoms with Gasteiger partial charge in [0.2, 0.25) is 5.76 Å². The minimum Gasteiger partial charge on any atom is -0.460 e. The van der Waals surface area contributed by atoms with Gasteiger partial charge in [0, 0.05) is 23.0 Å². The molecular weight excluding hydrogens is 346 g/mol. The molecule has 0 radical (unpaired) electrons. The topological polar surface area (TPSA) is 87.2 Å². The number of aryl methyl sites for hydroxylation is 1. The third-order valence-electron chi connectivity index (χ3n) is 3.43. The Hall–Kier alpha value is -2.93. The molecule has 0 aliphatic rings. The molecule has 7 nitrogen and oxygen atoms in total. The van der Waals surface area contributed by atoms with Crippen molar-refractivity contribution in [2.75, 3.05) is 6.61 Å². The standard InChI is InChI=1S/C17H14ClN3O4/c1-3-24-16(23)14(22)15-13(11-4-6-12(18)7-5-11)20-17(25-15)21-9-8-19-10(21)2/h4-9H,3H2,1-2H3. The lowest BCUT2D eigenvalue weighted by Crippen LogP contribution is -2.17. The molecule has 0 saturated heterocycles. The number of rotatable bonds is 5. The number of carbonyl (C=O) groups is 2. The fourth-order valence-corrected chi connectivity index (χ4v) is 2.36. The number of benzene rings is 1. The summed E-state index contributed by atoms with van der Waals surface area (Å²) in [5.74, 6) is -1.46. The van der Waals surface area contributed by atoms with Crippen molar-refractivity contribution in [1.82, 2.24) is 14.5 Å². The summed E-state index contributed by atoms with van der Waals surface area (Å²) in [6, 6.07) is 6.82. The van der Waals surface area contributed by atoms with E-state index in [1.165, 1.54) is 0 Å². The maximum Gasteiger partial charge on any atom is 0.383 e. The van der Waals surface area contributed by atoms with Crippen LogP contribution in [0.15, 0.2) is 41.1 Å². The van der Waals surface area contributed by atoms with Crippen molar-refractivity contribution in [3.05, 3.63) is 53.3 Å². The Morgan fingerprint density at radius 3 is 2.60 bits per heavy atom. The molecule has 0 amide bonds. The Balaban J connectivity index is 2.12. The van der Waals surface area contributed by atoms with Crippen LogP contribution in [0.25, 0.3) is 17.3 Å². The number of nitrogens with zero attached hydrogens (tertiary/aromatic N) is 3. The van der Waals surface area contributed by atoms with E-state index in [2.05, 4.69) is 9.97 Å². The van der Waals surface area contributed by atoms with Crippen LogP contribution in [0, 0.1) is 6.92 Å². The van der Waals surface area contributed by atoms with Crippen molar-refractivity contribution < 1.29 is 18.7 Å². The van der Waals surface area contributed by atoms with E-state index in [-0.39, 0.29) is 24.1 Å². The fraction of sp³-hybridized carbons (Fsp3) is 0.176. The quantitative estimate of drug-likeness (QED) is 0.395. The Morgan fingerprint density at radius 2 is 2.00 bits per heavy atom. The molecule has 3 aromatic rings. The predicted molar refractivity (Wildman–Crippen MR) is 89.8 cm³/mol. The zero-order chi connectivity index (χ0) is 18.0. The summed E-state index contributed by atoms with van der Waals surface area (Å²) in [6.45, 7) is 3.47. The molecule has 3 rings (SSSR count). The van der Waals surface area contributed by atoms with Gasteiger partial charge in [-0.1, -0.05) is 23.7 Å². The summed E-state index contributed by atoms with van der Waals surface area (Å²) in [5, 5.41) is 0.538. The van der Waals surface area contributed by atoms with Gasteiger partial charge in [-0.3, -0.25) is 9.36 Å². The summed E-state index contributed by atoms with van der Waals surface area (Å²) >= 11 is 5.90. The molecule has 0 atom stereocenters. The molecule has 8 heteroatoms. The van der Waals surface area contributed by atoms with E-state index in [1.54, 1.807) is 55.1 Å². The van der Waals surface area contributed by atoms with E-state index in [1.807, 2.05) is 0 Å². The second kappa shape index (κ2) is 6.90. The molecule has 0 aliphatic heterocycles. The van der Waals surface area contributed by atoms with Crippen LogP contribution in [0.1, 0.15) is 23.3 Å². The van der Waals surface area contributed by atoms with Crippen LogP contribution in [-0.4, -0.2) is 32.9 Å². The first-order valence-electron chi connectivity index (χ1n) is 7.49. The highest BCUT2D eigenvalue weighted by atomic mass is 35.5. The van der Waals surface area contributed by atoms with E-state index < -0.39 is 11.8 Å². The molecule has 0 aliphatic carbocycles. The van der Waals surface area contributed by atoms with Crippen LogP contribution >= 0.6 is 11.6 Å². The second-order valence-electron chi connectivity index (χ2n) is 5.08. The van der Waals surface area contributed by atoms with Crippen LogP contribution < -0.4 is 0 Å². The first-order chi connectivity index (χ1) is 12.0. The van der Waals surface area contributed by atoms with Crippen molar-refractivity contribution in [3.63, 3.8) is 0 Å². The zero-order valence-electron chi connectivity index (χ0n) is 13.5. The van der Waals surface area contributed by atoms with E-state index in [0.29, 0.717) is 16.4 Å². The fourth-order valence-electron chi connectivity index (χ4n) is 2.24. The third kappa shape index (κ3) is 3.32. The van der Waals surface area contributed by atoms with Gasteiger partial charge >= 0.3 is 17.8 Å². The van der Waals surface area contributed by atoms with Crippen molar-refractivity contribution in [3.8, 4) is 17.3 Å². The minimum atomic E-state index is -0.997. The zero-order valence-corrected chi connectivity index (χ0v) is 14.3. The molecule has 1 aromatic carbocycles. The van der Waals surface area contributed by atoms with E-state index in [4.69, 9.17) is 20.8 Å². The molecule has 2 aromatic heterocycles. The van der Waals surface area contributed by atoms with Gasteiger partial charge < -0.3 is 9.15 Å². The molecule has 0 spiro atoms. The predicted octanol–water partition coefficient (Wildman–Crippen LogP) is 3.23. The van der Waals surface area contributed by atoms with Crippen molar-refractivity contribution in [2.45, 2.75) is 13.8 Å². The van der Waals surface area contributed by atoms with Gasteiger partial charge in [0.25, 0.3) is 0 Å². The number of Topliss-reactive ketones (excluding diaryl/α,β-unsaturated/α-hetero) is 1. The van der Waals surface area contributed by atoms with Gasteiger partial charge in [0.05, 0.1) is 6.61 Å². The highest BCUT2D eigenvalue weighted by molar-refractivity contribution is 6.40. The van der Waals surface area contributed by atoms with Gasteiger partial charge in [-0.15, -0.1) is 0 Å². The molecule has 0 N–H and O–H groups in total. The normalized spacial score (nSPS) is 10.7. The summed E-state index contributed by atoms with van der Waals surface area (Å²) in [4.78, 5) is 32.7.